The molecule has 2 N–H and O–H groups in total. The van der Waals surface area contributed by atoms with E-state index in [2.05, 4.69) is 5.32 Å². The van der Waals surface area contributed by atoms with E-state index in [1.54, 1.807) is 27.0 Å². The average molecular weight is 277 g/mol. The number of nitrogens with zero attached hydrogens (tertiary/aromatic N) is 2. The van der Waals surface area contributed by atoms with E-state index in [-0.39, 0.29) is 24.7 Å². The lowest BCUT2D eigenvalue weighted by Gasteiger charge is -2.23. The van der Waals surface area contributed by atoms with E-state index in [0.717, 1.165) is 11.0 Å². The summed E-state index contributed by atoms with van der Waals surface area (Å²) in [5.41, 5.74) is 0.567. The van der Waals surface area contributed by atoms with Crippen molar-refractivity contribution in [2.75, 3.05) is 6.61 Å². The van der Waals surface area contributed by atoms with Gasteiger partial charge in [-0.15, -0.1) is 0 Å². The maximum atomic E-state index is 12.2. The van der Waals surface area contributed by atoms with Crippen LogP contribution in [0.25, 0.3) is 11.0 Å². The Labute approximate surface area is 116 Å². The predicted octanol–water partition coefficient (Wildman–Crippen LogP) is 0.227. The highest BCUT2D eigenvalue weighted by Crippen LogP contribution is 2.11. The number of nitrogens with one attached hydrogen (secondary N) is 1. The van der Waals surface area contributed by atoms with Gasteiger partial charge in [0.15, 0.2) is 0 Å². The molecule has 0 aliphatic heterocycles. The van der Waals surface area contributed by atoms with Crippen molar-refractivity contribution in [3.63, 3.8) is 0 Å². The molecule has 1 aromatic carbocycles. The van der Waals surface area contributed by atoms with Crippen LogP contribution in [0.2, 0.25) is 0 Å². The van der Waals surface area contributed by atoms with Gasteiger partial charge in [-0.25, -0.2) is 4.79 Å². The monoisotopic (exact) mass is 277 g/mol. The molecule has 0 aliphatic rings. The van der Waals surface area contributed by atoms with Crippen LogP contribution in [-0.4, -0.2) is 32.3 Å². The molecular weight excluding hydrogens is 258 g/mol. The van der Waals surface area contributed by atoms with Crippen LogP contribution in [0, 0.1) is 0 Å². The number of aryl methyl sites for hydroxylation is 1. The van der Waals surface area contributed by atoms with E-state index in [4.69, 9.17) is 5.11 Å². The van der Waals surface area contributed by atoms with Gasteiger partial charge in [-0.1, -0.05) is 12.1 Å². The number of para-hydroxylation sites is 2. The molecule has 0 atom stereocenters. The molecule has 0 unspecified atom stereocenters. The van der Waals surface area contributed by atoms with Crippen molar-refractivity contribution in [2.24, 2.45) is 7.05 Å². The summed E-state index contributed by atoms with van der Waals surface area (Å²) in [5, 5.41) is 11.8. The number of carbonyl (C=O) groups is 1. The molecule has 6 nitrogen and oxygen atoms in total. The number of aliphatic hydroxyl groups excluding tert-OH is 1. The minimum atomic E-state index is -0.703. The van der Waals surface area contributed by atoms with Gasteiger partial charge in [-0.3, -0.25) is 13.9 Å². The second-order valence-electron chi connectivity index (χ2n) is 5.51. The zero-order valence-corrected chi connectivity index (χ0v) is 11.9. The van der Waals surface area contributed by atoms with Gasteiger partial charge in [0.25, 0.3) is 0 Å². The first kappa shape index (κ1) is 14.3. The summed E-state index contributed by atoms with van der Waals surface area (Å²) in [6, 6.07) is 7.32. The molecule has 2 rings (SSSR count). The fraction of sp³-hybridized carbons (Fsp3) is 0.429. The Morgan fingerprint density at radius 1 is 1.30 bits per heavy atom. The number of imidazole rings is 1. The van der Waals surface area contributed by atoms with Gasteiger partial charge in [-0.05, 0) is 26.0 Å². The second kappa shape index (κ2) is 5.13. The van der Waals surface area contributed by atoms with Gasteiger partial charge >= 0.3 is 5.69 Å². The highest BCUT2D eigenvalue weighted by molar-refractivity contribution is 5.81. The lowest BCUT2D eigenvalue weighted by atomic mass is 10.1. The van der Waals surface area contributed by atoms with Gasteiger partial charge in [0.2, 0.25) is 5.91 Å². The highest BCUT2D eigenvalue weighted by Gasteiger charge is 2.20. The number of aliphatic hydroxyl groups is 1. The number of aromatic nitrogens is 2. The number of rotatable bonds is 4. The first-order chi connectivity index (χ1) is 9.35. The second-order valence-corrected chi connectivity index (χ2v) is 5.51. The third kappa shape index (κ3) is 2.60. The fourth-order valence-corrected chi connectivity index (χ4v) is 2.12. The van der Waals surface area contributed by atoms with Gasteiger partial charge in [0, 0.05) is 7.05 Å². The van der Waals surface area contributed by atoms with Gasteiger partial charge in [-0.2, -0.15) is 0 Å². The van der Waals surface area contributed by atoms with Crippen molar-refractivity contribution in [2.45, 2.75) is 25.9 Å². The molecule has 108 valence electrons. The molecule has 1 aromatic heterocycles. The van der Waals surface area contributed by atoms with Crippen LogP contribution in [0.1, 0.15) is 13.8 Å². The summed E-state index contributed by atoms with van der Waals surface area (Å²) in [5.74, 6) is -0.303. The number of fused-ring (bicyclic) bond motifs is 1. The van der Waals surface area contributed by atoms with Crippen LogP contribution in [0.4, 0.5) is 0 Å². The Morgan fingerprint density at radius 2 is 1.90 bits per heavy atom. The third-order valence-electron chi connectivity index (χ3n) is 3.23. The first-order valence-electron chi connectivity index (χ1n) is 6.42. The maximum absolute atomic E-state index is 12.2. The van der Waals surface area contributed by atoms with Crippen molar-refractivity contribution < 1.29 is 9.90 Å². The van der Waals surface area contributed by atoms with Crippen molar-refractivity contribution in [1.82, 2.24) is 14.5 Å². The number of hydrogen-bond acceptors (Lipinski definition) is 3. The molecule has 0 bridgehead atoms. The van der Waals surface area contributed by atoms with E-state index < -0.39 is 5.54 Å². The number of amides is 1. The van der Waals surface area contributed by atoms with Crippen molar-refractivity contribution >= 4 is 16.9 Å². The third-order valence-corrected chi connectivity index (χ3v) is 3.23. The quantitative estimate of drug-likeness (QED) is 0.840. The highest BCUT2D eigenvalue weighted by atomic mass is 16.3. The van der Waals surface area contributed by atoms with Crippen molar-refractivity contribution in [3.8, 4) is 0 Å². The number of hydrogen-bond donors (Lipinski definition) is 2. The number of carbonyl (C=O) groups excluding carboxylic acids is 1. The smallest absolute Gasteiger partial charge is 0.329 e. The van der Waals surface area contributed by atoms with Crippen LogP contribution < -0.4 is 11.0 Å². The summed E-state index contributed by atoms with van der Waals surface area (Å²) >= 11 is 0. The van der Waals surface area contributed by atoms with Crippen LogP contribution in [0.5, 0.6) is 0 Å². The Morgan fingerprint density at radius 3 is 2.50 bits per heavy atom. The van der Waals surface area contributed by atoms with E-state index in [1.807, 2.05) is 18.2 Å². The largest absolute Gasteiger partial charge is 0.394 e. The molecule has 0 radical (unpaired) electrons. The molecule has 6 heteroatoms. The molecule has 0 saturated carbocycles. The summed E-state index contributed by atoms with van der Waals surface area (Å²) in [7, 11) is 1.68. The SMILES string of the molecule is Cn1c(=O)n(CC(=O)NC(C)(C)CO)c2ccccc21. The normalized spacial score (nSPS) is 11.8. The molecule has 0 saturated heterocycles. The fourth-order valence-electron chi connectivity index (χ4n) is 2.12. The molecule has 1 amide bonds. The maximum Gasteiger partial charge on any atom is 0.329 e. The zero-order valence-electron chi connectivity index (χ0n) is 11.9. The lowest BCUT2D eigenvalue weighted by molar-refractivity contribution is -0.123. The molecule has 2 aromatic rings. The van der Waals surface area contributed by atoms with Gasteiger partial charge in [0.05, 0.1) is 23.2 Å². The summed E-state index contributed by atoms with van der Waals surface area (Å²) in [4.78, 5) is 24.2. The van der Waals surface area contributed by atoms with Crippen LogP contribution >= 0.6 is 0 Å². The van der Waals surface area contributed by atoms with E-state index in [0.29, 0.717) is 0 Å². The Kier molecular flexibility index (Phi) is 3.67. The molecular formula is C14H19N3O3. The Balaban J connectivity index is 2.33. The minimum absolute atomic E-state index is 0.0659. The van der Waals surface area contributed by atoms with Gasteiger partial charge < -0.3 is 10.4 Å². The van der Waals surface area contributed by atoms with E-state index in [9.17, 15) is 9.59 Å². The topological polar surface area (TPSA) is 76.3 Å². The van der Waals surface area contributed by atoms with E-state index >= 15 is 0 Å². The lowest BCUT2D eigenvalue weighted by Crippen LogP contribution is -2.48. The van der Waals surface area contributed by atoms with Crippen molar-refractivity contribution in [3.05, 3.63) is 34.7 Å². The zero-order chi connectivity index (χ0) is 14.9. The average Bonchev–Trinajstić information content (AvgIpc) is 2.64. The summed E-state index contributed by atoms with van der Waals surface area (Å²) < 4.78 is 2.94. The first-order valence-corrected chi connectivity index (χ1v) is 6.42. The molecule has 0 aliphatic carbocycles. The number of benzene rings is 1. The van der Waals surface area contributed by atoms with Crippen LogP contribution in [0.15, 0.2) is 29.1 Å². The van der Waals surface area contributed by atoms with Crippen molar-refractivity contribution in [1.29, 1.82) is 0 Å². The minimum Gasteiger partial charge on any atom is -0.394 e. The summed E-state index contributed by atoms with van der Waals surface area (Å²) in [6.45, 7) is 3.21. The Bertz CT molecular complexity index is 697. The van der Waals surface area contributed by atoms with Gasteiger partial charge in [0.1, 0.15) is 6.54 Å². The molecule has 0 fully saturated rings. The van der Waals surface area contributed by atoms with Crippen LogP contribution in [0.3, 0.4) is 0 Å². The predicted molar refractivity (Wildman–Crippen MR) is 76.5 cm³/mol. The summed E-state index contributed by atoms with van der Waals surface area (Å²) in [6.07, 6.45) is 0. The molecule has 20 heavy (non-hydrogen) atoms. The molecule has 1 heterocycles. The Hall–Kier alpha value is -2.08. The van der Waals surface area contributed by atoms with Crippen LogP contribution in [-0.2, 0) is 18.4 Å². The van der Waals surface area contributed by atoms with E-state index in [1.165, 1.54) is 9.13 Å². The standard InChI is InChI=1S/C14H19N3O3/c1-14(2,9-18)15-12(19)8-17-11-7-5-4-6-10(11)16(3)13(17)20/h4-7,18H,8-9H2,1-3H3,(H,15,19). The molecule has 0 spiro atoms.